The van der Waals surface area contributed by atoms with E-state index in [0.29, 0.717) is 17.3 Å². The van der Waals surface area contributed by atoms with Crippen LogP contribution in [0.2, 0.25) is 0 Å². The number of aromatic nitrogens is 1. The predicted octanol–water partition coefficient (Wildman–Crippen LogP) is 4.32. The molecule has 0 bridgehead atoms. The van der Waals surface area contributed by atoms with Crippen molar-refractivity contribution in [2.45, 2.75) is 30.2 Å². The zero-order valence-corrected chi connectivity index (χ0v) is 17.2. The number of carbonyl (C=O) groups is 1. The number of Topliss-reactive ketones (excluding diaryl/α,β-unsaturated/α-hetero) is 1. The highest BCUT2D eigenvalue weighted by Crippen LogP contribution is 2.35. The van der Waals surface area contributed by atoms with Crippen LogP contribution in [0.15, 0.2) is 52.5 Å². The van der Waals surface area contributed by atoms with Crippen LogP contribution in [0.5, 0.6) is 0 Å². The first-order chi connectivity index (χ1) is 12.0. The molecule has 1 atom stereocenters. The molecule has 1 aromatic carbocycles. The number of carbonyl (C=O) groups excluding carboxylic acids is 1. The maximum atomic E-state index is 12.5. The van der Waals surface area contributed by atoms with Crippen LogP contribution in [-0.4, -0.2) is 27.9 Å². The minimum absolute atomic E-state index is 0. The quantitative estimate of drug-likeness (QED) is 0.590. The largest absolute Gasteiger partial charge is 0.379 e. The highest BCUT2D eigenvalue weighted by atomic mass is 35.5. The van der Waals surface area contributed by atoms with Gasteiger partial charge >= 0.3 is 0 Å². The lowest BCUT2D eigenvalue weighted by Gasteiger charge is -2.30. The van der Waals surface area contributed by atoms with Gasteiger partial charge in [-0.3, -0.25) is 14.8 Å². The summed E-state index contributed by atoms with van der Waals surface area (Å²) in [6.07, 6.45) is 5.01. The number of amidine groups is 1. The molecule has 1 aliphatic rings. The van der Waals surface area contributed by atoms with Gasteiger partial charge in [0.05, 0.1) is 5.54 Å². The fourth-order valence-corrected chi connectivity index (χ4v) is 4.19. The molecule has 4 nitrogen and oxygen atoms in total. The first-order valence-electron chi connectivity index (χ1n) is 8.11. The van der Waals surface area contributed by atoms with Crippen LogP contribution < -0.4 is 5.73 Å². The molecule has 2 heterocycles. The van der Waals surface area contributed by atoms with Crippen molar-refractivity contribution in [2.75, 3.05) is 12.0 Å². The molecule has 0 unspecified atom stereocenters. The average Bonchev–Trinajstić information content (AvgIpc) is 2.62. The van der Waals surface area contributed by atoms with Crippen molar-refractivity contribution in [3.8, 4) is 0 Å². The summed E-state index contributed by atoms with van der Waals surface area (Å²) in [5.74, 6) is 0.984. The first-order valence-corrected chi connectivity index (χ1v) is 10.3. The lowest BCUT2D eigenvalue weighted by Crippen LogP contribution is -2.28. The molecule has 2 N–H and O–H groups in total. The van der Waals surface area contributed by atoms with Crippen molar-refractivity contribution in [2.24, 2.45) is 10.7 Å². The molecule has 0 saturated heterocycles. The van der Waals surface area contributed by atoms with Crippen LogP contribution in [0, 0.1) is 0 Å². The summed E-state index contributed by atoms with van der Waals surface area (Å²) < 4.78 is 0. The van der Waals surface area contributed by atoms with E-state index >= 15 is 0 Å². The van der Waals surface area contributed by atoms with Crippen LogP contribution in [0.25, 0.3) is 0 Å². The Labute approximate surface area is 168 Å². The molecule has 2 aromatic rings. The molecule has 1 aromatic heterocycles. The number of benzene rings is 1. The van der Waals surface area contributed by atoms with Crippen molar-refractivity contribution in [1.82, 2.24) is 4.98 Å². The van der Waals surface area contributed by atoms with E-state index in [0.717, 1.165) is 28.2 Å². The summed E-state index contributed by atoms with van der Waals surface area (Å²) in [5, 5.41) is 0.633. The van der Waals surface area contributed by atoms with Gasteiger partial charge in [0.25, 0.3) is 0 Å². The standard InChI is InChI=1S/C19H21N3OS2.ClH/c1-19(8-9-25-18(20)22-19)14-5-3-4-13(10-14)11-17(23)16-7-6-15(24-2)12-21-16;/h3-7,10,12H,8-9,11H2,1-2H3,(H2,20,22);1H/t19-;/m0./s1. The van der Waals surface area contributed by atoms with E-state index in [4.69, 9.17) is 5.73 Å². The Balaban J connectivity index is 0.00000243. The molecule has 0 fully saturated rings. The van der Waals surface area contributed by atoms with Crippen molar-refractivity contribution in [3.63, 3.8) is 0 Å². The summed E-state index contributed by atoms with van der Waals surface area (Å²) in [4.78, 5) is 22.5. The Bertz CT molecular complexity index is 811. The van der Waals surface area contributed by atoms with E-state index in [-0.39, 0.29) is 23.7 Å². The molecule has 1 aliphatic heterocycles. The number of nitrogens with zero attached hydrogens (tertiary/aromatic N) is 2. The Kier molecular flexibility index (Phi) is 7.15. The van der Waals surface area contributed by atoms with Crippen LogP contribution in [-0.2, 0) is 12.0 Å². The average molecular weight is 408 g/mol. The highest BCUT2D eigenvalue weighted by Gasteiger charge is 2.29. The van der Waals surface area contributed by atoms with Gasteiger partial charge in [-0.05, 0) is 42.9 Å². The van der Waals surface area contributed by atoms with Gasteiger partial charge in [-0.2, -0.15) is 0 Å². The van der Waals surface area contributed by atoms with E-state index in [1.54, 1.807) is 35.8 Å². The third kappa shape index (κ3) is 4.81. The van der Waals surface area contributed by atoms with E-state index in [2.05, 4.69) is 29.0 Å². The smallest absolute Gasteiger partial charge is 0.185 e. The molecule has 0 saturated carbocycles. The number of rotatable bonds is 5. The zero-order chi connectivity index (χ0) is 17.9. The summed E-state index contributed by atoms with van der Waals surface area (Å²) in [6, 6.07) is 11.8. The molecular weight excluding hydrogens is 386 g/mol. The van der Waals surface area contributed by atoms with Crippen LogP contribution >= 0.6 is 35.9 Å². The number of hydrogen-bond donors (Lipinski definition) is 1. The molecule has 0 amide bonds. The third-order valence-electron chi connectivity index (χ3n) is 4.37. The second-order valence-electron chi connectivity index (χ2n) is 6.21. The molecule has 3 rings (SSSR count). The van der Waals surface area contributed by atoms with Crippen molar-refractivity contribution < 1.29 is 4.79 Å². The second kappa shape index (κ2) is 8.93. The van der Waals surface area contributed by atoms with E-state index < -0.39 is 0 Å². The molecule has 7 heteroatoms. The summed E-state index contributed by atoms with van der Waals surface area (Å²) in [5.41, 5.74) is 8.19. The Morgan fingerprint density at radius 1 is 1.35 bits per heavy atom. The van der Waals surface area contributed by atoms with Gasteiger partial charge < -0.3 is 5.73 Å². The molecule has 26 heavy (non-hydrogen) atoms. The van der Waals surface area contributed by atoms with Crippen molar-refractivity contribution in [1.29, 1.82) is 0 Å². The molecule has 0 aliphatic carbocycles. The molecule has 0 radical (unpaired) electrons. The minimum Gasteiger partial charge on any atom is -0.379 e. The SMILES string of the molecule is CSc1ccc(C(=O)Cc2cccc([C@]3(C)CCSC(N)=N3)c2)nc1.Cl. The monoisotopic (exact) mass is 407 g/mol. The van der Waals surface area contributed by atoms with Gasteiger partial charge in [-0.15, -0.1) is 24.2 Å². The summed E-state index contributed by atoms with van der Waals surface area (Å²) in [6.45, 7) is 2.10. The number of hydrogen-bond acceptors (Lipinski definition) is 6. The third-order valence-corrected chi connectivity index (χ3v) is 5.88. The first kappa shape index (κ1) is 20.8. The van der Waals surface area contributed by atoms with Gasteiger partial charge in [0.1, 0.15) is 5.69 Å². The van der Waals surface area contributed by atoms with Crippen LogP contribution in [0.4, 0.5) is 0 Å². The lowest BCUT2D eigenvalue weighted by atomic mass is 9.88. The van der Waals surface area contributed by atoms with Gasteiger partial charge in [0.15, 0.2) is 11.0 Å². The molecular formula is C19H22ClN3OS2. The van der Waals surface area contributed by atoms with Gasteiger partial charge in [0.2, 0.25) is 0 Å². The van der Waals surface area contributed by atoms with E-state index in [1.807, 2.05) is 24.5 Å². The minimum atomic E-state index is -0.313. The maximum Gasteiger partial charge on any atom is 0.185 e. The zero-order valence-electron chi connectivity index (χ0n) is 14.8. The fraction of sp³-hybridized carbons (Fsp3) is 0.316. The van der Waals surface area contributed by atoms with E-state index in [9.17, 15) is 4.79 Å². The molecule has 138 valence electrons. The number of ketones is 1. The summed E-state index contributed by atoms with van der Waals surface area (Å²) in [7, 11) is 0. The van der Waals surface area contributed by atoms with Gasteiger partial charge in [-0.1, -0.05) is 36.0 Å². The number of nitrogens with two attached hydrogens (primary N) is 1. The van der Waals surface area contributed by atoms with Crippen LogP contribution in [0.3, 0.4) is 0 Å². The predicted molar refractivity (Wildman–Crippen MR) is 114 cm³/mol. The highest BCUT2D eigenvalue weighted by molar-refractivity contribution is 8.13. The maximum absolute atomic E-state index is 12.5. The number of thioether (sulfide) groups is 2. The second-order valence-corrected chi connectivity index (χ2v) is 8.20. The fourth-order valence-electron chi connectivity index (χ4n) is 2.85. The Morgan fingerprint density at radius 3 is 2.81 bits per heavy atom. The van der Waals surface area contributed by atoms with Gasteiger partial charge in [-0.25, -0.2) is 0 Å². The lowest BCUT2D eigenvalue weighted by molar-refractivity contribution is 0.0988. The van der Waals surface area contributed by atoms with Crippen molar-refractivity contribution in [3.05, 3.63) is 59.4 Å². The normalized spacial score (nSPS) is 19.4. The van der Waals surface area contributed by atoms with Gasteiger partial charge in [0, 0.05) is 23.3 Å². The van der Waals surface area contributed by atoms with Crippen LogP contribution in [0.1, 0.15) is 35.0 Å². The molecule has 0 spiro atoms. The van der Waals surface area contributed by atoms with E-state index in [1.165, 1.54) is 0 Å². The van der Waals surface area contributed by atoms with Crippen molar-refractivity contribution >= 4 is 46.9 Å². The summed E-state index contributed by atoms with van der Waals surface area (Å²) >= 11 is 3.21. The number of halogens is 1. The Morgan fingerprint density at radius 2 is 2.15 bits per heavy atom. The number of pyridine rings is 1. The topological polar surface area (TPSA) is 68.3 Å². The Hall–Kier alpha value is -1.50. The number of aliphatic imine (C=N–C) groups is 1.